The highest BCUT2D eigenvalue weighted by Gasteiger charge is 2.20. The summed E-state index contributed by atoms with van der Waals surface area (Å²) < 4.78 is 0. The van der Waals surface area contributed by atoms with E-state index in [0.29, 0.717) is 12.2 Å². The molecule has 5 nitrogen and oxygen atoms in total. The van der Waals surface area contributed by atoms with E-state index >= 15 is 0 Å². The van der Waals surface area contributed by atoms with E-state index in [1.807, 2.05) is 41.1 Å². The smallest absolute Gasteiger partial charge is 0.242 e. The molecule has 110 valence electrons. The summed E-state index contributed by atoms with van der Waals surface area (Å²) in [6, 6.07) is 7.63. The van der Waals surface area contributed by atoms with Crippen LogP contribution in [0.3, 0.4) is 0 Å². The number of likely N-dealkylation sites (tertiary alicyclic amines) is 1. The van der Waals surface area contributed by atoms with Crippen molar-refractivity contribution in [3.05, 3.63) is 30.5 Å². The van der Waals surface area contributed by atoms with Crippen LogP contribution in [0, 0.1) is 0 Å². The summed E-state index contributed by atoms with van der Waals surface area (Å²) in [6.45, 7) is 2.14. The number of carbonyl (C=O) groups is 1. The first-order valence-electron chi connectivity index (χ1n) is 7.29. The van der Waals surface area contributed by atoms with Gasteiger partial charge in [-0.15, -0.1) is 0 Å². The molecule has 0 bridgehead atoms. The minimum atomic E-state index is 0.177. The fourth-order valence-electron chi connectivity index (χ4n) is 2.84. The number of pyridine rings is 1. The van der Waals surface area contributed by atoms with Gasteiger partial charge in [0.05, 0.1) is 17.7 Å². The predicted octanol–water partition coefficient (Wildman–Crippen LogP) is 1.88. The molecular weight excluding hydrogens is 264 g/mol. The molecule has 0 saturated carbocycles. The van der Waals surface area contributed by atoms with Gasteiger partial charge in [0.25, 0.3) is 0 Å². The Bertz CT molecular complexity index is 664. The van der Waals surface area contributed by atoms with Crippen LogP contribution >= 0.6 is 0 Å². The number of nitrogens with zero attached hydrogens (tertiary/aromatic N) is 3. The van der Waals surface area contributed by atoms with Gasteiger partial charge in [-0.3, -0.25) is 9.78 Å². The minimum Gasteiger partial charge on any atom is -0.398 e. The molecule has 2 aromatic rings. The summed E-state index contributed by atoms with van der Waals surface area (Å²) in [5, 5.41) is 0.926. The van der Waals surface area contributed by atoms with Gasteiger partial charge in [0.15, 0.2) is 0 Å². The summed E-state index contributed by atoms with van der Waals surface area (Å²) in [7, 11) is 1.92. The highest BCUT2D eigenvalue weighted by molar-refractivity contribution is 5.99. The topological polar surface area (TPSA) is 62.5 Å². The fraction of sp³-hybridized carbons (Fsp3) is 0.375. The molecule has 0 spiro atoms. The Morgan fingerprint density at radius 2 is 2.10 bits per heavy atom. The van der Waals surface area contributed by atoms with Crippen LogP contribution in [0.15, 0.2) is 30.5 Å². The average molecular weight is 284 g/mol. The number of hydrogen-bond donors (Lipinski definition) is 1. The van der Waals surface area contributed by atoms with Gasteiger partial charge in [-0.25, -0.2) is 0 Å². The number of nitrogens with two attached hydrogens (primary N) is 1. The van der Waals surface area contributed by atoms with Crippen molar-refractivity contribution < 1.29 is 4.79 Å². The third-order valence-electron chi connectivity index (χ3n) is 4.02. The van der Waals surface area contributed by atoms with Crippen LogP contribution in [-0.2, 0) is 4.79 Å². The van der Waals surface area contributed by atoms with Gasteiger partial charge in [0, 0.05) is 37.4 Å². The van der Waals surface area contributed by atoms with Crippen LogP contribution in [0.25, 0.3) is 10.9 Å². The maximum Gasteiger partial charge on any atom is 0.242 e. The lowest BCUT2D eigenvalue weighted by Crippen LogP contribution is -2.37. The quantitative estimate of drug-likeness (QED) is 0.874. The Labute approximate surface area is 124 Å². The lowest BCUT2D eigenvalue weighted by molar-refractivity contribution is -0.128. The normalized spacial score (nSPS) is 14.6. The van der Waals surface area contributed by atoms with Crippen molar-refractivity contribution in [2.45, 2.75) is 12.8 Å². The van der Waals surface area contributed by atoms with Crippen LogP contribution in [0.4, 0.5) is 11.4 Å². The number of fused-ring (bicyclic) bond motifs is 1. The first kappa shape index (κ1) is 13.7. The molecular formula is C16H20N4O. The maximum absolute atomic E-state index is 12.3. The van der Waals surface area contributed by atoms with Crippen LogP contribution in [0.1, 0.15) is 12.8 Å². The van der Waals surface area contributed by atoms with Gasteiger partial charge in [0.2, 0.25) is 5.91 Å². The number of nitrogen functional groups attached to an aromatic ring is 1. The molecule has 0 atom stereocenters. The molecule has 1 aliphatic rings. The summed E-state index contributed by atoms with van der Waals surface area (Å²) in [5.41, 5.74) is 8.48. The van der Waals surface area contributed by atoms with E-state index in [1.54, 1.807) is 6.20 Å². The number of rotatable bonds is 3. The minimum absolute atomic E-state index is 0.177. The van der Waals surface area contributed by atoms with E-state index in [2.05, 4.69) is 4.98 Å². The zero-order chi connectivity index (χ0) is 14.8. The van der Waals surface area contributed by atoms with Crippen molar-refractivity contribution in [1.29, 1.82) is 0 Å². The highest BCUT2D eigenvalue weighted by Crippen LogP contribution is 2.28. The Balaban J connectivity index is 1.86. The van der Waals surface area contributed by atoms with E-state index in [-0.39, 0.29) is 5.91 Å². The zero-order valence-corrected chi connectivity index (χ0v) is 12.2. The Hall–Kier alpha value is -2.30. The first-order valence-corrected chi connectivity index (χ1v) is 7.29. The Morgan fingerprint density at radius 1 is 1.33 bits per heavy atom. The van der Waals surface area contributed by atoms with Crippen LogP contribution < -0.4 is 10.6 Å². The van der Waals surface area contributed by atoms with Crippen molar-refractivity contribution in [3.63, 3.8) is 0 Å². The van der Waals surface area contributed by atoms with Crippen molar-refractivity contribution >= 4 is 28.2 Å². The Morgan fingerprint density at radius 3 is 2.86 bits per heavy atom. The molecule has 5 heteroatoms. The van der Waals surface area contributed by atoms with Gasteiger partial charge in [-0.2, -0.15) is 0 Å². The summed E-state index contributed by atoms with van der Waals surface area (Å²) in [5.74, 6) is 0.177. The number of amides is 1. The lowest BCUT2D eigenvalue weighted by Gasteiger charge is -2.23. The van der Waals surface area contributed by atoms with E-state index in [0.717, 1.165) is 42.5 Å². The van der Waals surface area contributed by atoms with E-state index in [4.69, 9.17) is 5.73 Å². The number of hydrogen-bond acceptors (Lipinski definition) is 4. The van der Waals surface area contributed by atoms with Gasteiger partial charge in [-0.05, 0) is 37.1 Å². The van der Waals surface area contributed by atoms with Gasteiger partial charge < -0.3 is 15.5 Å². The van der Waals surface area contributed by atoms with Crippen molar-refractivity contribution in [2.75, 3.05) is 37.3 Å². The molecule has 1 aromatic carbocycles. The predicted molar refractivity (Wildman–Crippen MR) is 85.2 cm³/mol. The van der Waals surface area contributed by atoms with E-state index in [9.17, 15) is 4.79 Å². The number of aromatic nitrogens is 1. The third-order valence-corrected chi connectivity index (χ3v) is 4.02. The fourth-order valence-corrected chi connectivity index (χ4v) is 2.84. The molecule has 1 amide bonds. The SMILES string of the molecule is CN(CC(=O)N1CCCC1)c1ccc(N)c2cccnc12. The standard InChI is InChI=1S/C16H20N4O/c1-19(11-15(21)20-9-2-3-10-20)14-7-6-13(17)12-5-4-8-18-16(12)14/h4-8H,2-3,9-11,17H2,1H3. The second-order valence-corrected chi connectivity index (χ2v) is 5.52. The van der Waals surface area contributed by atoms with Crippen LogP contribution in [0.5, 0.6) is 0 Å². The summed E-state index contributed by atoms with van der Waals surface area (Å²) in [6.07, 6.45) is 3.98. The number of benzene rings is 1. The maximum atomic E-state index is 12.3. The monoisotopic (exact) mass is 284 g/mol. The third kappa shape index (κ3) is 2.63. The average Bonchev–Trinajstić information content (AvgIpc) is 3.02. The largest absolute Gasteiger partial charge is 0.398 e. The molecule has 2 N–H and O–H groups in total. The second kappa shape index (κ2) is 5.60. The molecule has 1 fully saturated rings. The number of likely N-dealkylation sites (N-methyl/N-ethyl adjacent to an activating group) is 1. The van der Waals surface area contributed by atoms with Gasteiger partial charge in [0.1, 0.15) is 0 Å². The molecule has 0 aliphatic carbocycles. The van der Waals surface area contributed by atoms with E-state index in [1.165, 1.54) is 0 Å². The molecule has 1 aliphatic heterocycles. The number of carbonyl (C=O) groups excluding carboxylic acids is 1. The molecule has 1 aromatic heterocycles. The van der Waals surface area contributed by atoms with Crippen LogP contribution in [0.2, 0.25) is 0 Å². The number of anilines is 2. The molecule has 2 heterocycles. The summed E-state index contributed by atoms with van der Waals surface area (Å²) >= 11 is 0. The molecule has 3 rings (SSSR count). The Kier molecular flexibility index (Phi) is 3.64. The lowest BCUT2D eigenvalue weighted by atomic mass is 10.1. The molecule has 0 radical (unpaired) electrons. The summed E-state index contributed by atoms with van der Waals surface area (Å²) in [4.78, 5) is 20.6. The van der Waals surface area contributed by atoms with Crippen LogP contribution in [-0.4, -0.2) is 42.5 Å². The van der Waals surface area contributed by atoms with Gasteiger partial charge >= 0.3 is 0 Å². The molecule has 1 saturated heterocycles. The van der Waals surface area contributed by atoms with Crippen molar-refractivity contribution in [2.24, 2.45) is 0 Å². The van der Waals surface area contributed by atoms with Gasteiger partial charge in [-0.1, -0.05) is 0 Å². The second-order valence-electron chi connectivity index (χ2n) is 5.52. The van der Waals surface area contributed by atoms with E-state index < -0.39 is 0 Å². The van der Waals surface area contributed by atoms with Crippen molar-refractivity contribution in [1.82, 2.24) is 9.88 Å². The van der Waals surface area contributed by atoms with Crippen molar-refractivity contribution in [3.8, 4) is 0 Å². The molecule has 0 unspecified atom stereocenters. The molecule has 21 heavy (non-hydrogen) atoms. The zero-order valence-electron chi connectivity index (χ0n) is 12.2. The first-order chi connectivity index (χ1) is 10.2. The highest BCUT2D eigenvalue weighted by atomic mass is 16.2.